The molecule has 2 heterocycles. The minimum Gasteiger partial charge on any atom is -0.316 e. The van der Waals surface area contributed by atoms with E-state index in [0.29, 0.717) is 0 Å². The van der Waals surface area contributed by atoms with Crippen LogP contribution in [0.3, 0.4) is 0 Å². The van der Waals surface area contributed by atoms with E-state index in [1.54, 1.807) is 11.1 Å². The van der Waals surface area contributed by atoms with Gasteiger partial charge in [0.15, 0.2) is 0 Å². The van der Waals surface area contributed by atoms with E-state index in [9.17, 15) is 0 Å². The molecular formula is C9H13NS. The van der Waals surface area contributed by atoms with E-state index in [2.05, 4.69) is 16.1 Å². The second-order valence-corrected chi connectivity index (χ2v) is 3.77. The summed E-state index contributed by atoms with van der Waals surface area (Å²) in [5.41, 5.74) is 3.17. The summed E-state index contributed by atoms with van der Waals surface area (Å²) in [7, 11) is 0. The maximum atomic E-state index is 3.42. The van der Waals surface area contributed by atoms with Crippen molar-refractivity contribution in [3.63, 3.8) is 0 Å². The SMILES string of the molecule is c1scc2c1CCCNCC2. The Morgan fingerprint density at radius 3 is 2.82 bits per heavy atom. The van der Waals surface area contributed by atoms with Crippen molar-refractivity contribution in [2.45, 2.75) is 19.3 Å². The third kappa shape index (κ3) is 1.63. The van der Waals surface area contributed by atoms with Crippen molar-refractivity contribution in [2.24, 2.45) is 0 Å². The lowest BCUT2D eigenvalue weighted by atomic mass is 10.0. The molecular weight excluding hydrogens is 154 g/mol. The normalized spacial score (nSPS) is 18.5. The van der Waals surface area contributed by atoms with Crippen molar-refractivity contribution in [1.29, 1.82) is 0 Å². The molecule has 1 aliphatic heterocycles. The Bertz CT molecular complexity index is 207. The van der Waals surface area contributed by atoms with Gasteiger partial charge in [0, 0.05) is 0 Å². The van der Waals surface area contributed by atoms with Gasteiger partial charge in [-0.05, 0) is 54.2 Å². The molecule has 1 aromatic rings. The fraction of sp³-hybridized carbons (Fsp3) is 0.556. The molecule has 1 N–H and O–H groups in total. The van der Waals surface area contributed by atoms with Crippen molar-refractivity contribution in [3.05, 3.63) is 21.9 Å². The number of thiophene rings is 1. The molecule has 0 atom stereocenters. The zero-order valence-electron chi connectivity index (χ0n) is 6.60. The zero-order valence-corrected chi connectivity index (χ0v) is 7.41. The summed E-state index contributed by atoms with van der Waals surface area (Å²) >= 11 is 1.85. The van der Waals surface area contributed by atoms with E-state index < -0.39 is 0 Å². The second kappa shape index (κ2) is 3.37. The topological polar surface area (TPSA) is 12.0 Å². The van der Waals surface area contributed by atoms with Crippen LogP contribution in [0.15, 0.2) is 10.8 Å². The van der Waals surface area contributed by atoms with Gasteiger partial charge in [-0.3, -0.25) is 0 Å². The van der Waals surface area contributed by atoms with Gasteiger partial charge in [0.05, 0.1) is 0 Å². The molecule has 0 spiro atoms. The number of aryl methyl sites for hydroxylation is 1. The van der Waals surface area contributed by atoms with Gasteiger partial charge in [0.2, 0.25) is 0 Å². The predicted molar refractivity (Wildman–Crippen MR) is 49.2 cm³/mol. The molecule has 11 heavy (non-hydrogen) atoms. The standard InChI is InChI=1S/C9H13NS/c1-2-8-6-11-7-9(8)3-5-10-4-1/h6-7,10H,1-5H2. The quantitative estimate of drug-likeness (QED) is 0.621. The van der Waals surface area contributed by atoms with Gasteiger partial charge in [-0.15, -0.1) is 0 Å². The molecule has 0 amide bonds. The Morgan fingerprint density at radius 2 is 1.91 bits per heavy atom. The first-order valence-electron chi connectivity index (χ1n) is 4.21. The highest BCUT2D eigenvalue weighted by Gasteiger charge is 2.05. The van der Waals surface area contributed by atoms with Gasteiger partial charge in [-0.1, -0.05) is 0 Å². The predicted octanol–water partition coefficient (Wildman–Crippen LogP) is 1.83. The van der Waals surface area contributed by atoms with Crippen LogP contribution in [-0.4, -0.2) is 13.1 Å². The monoisotopic (exact) mass is 167 g/mol. The molecule has 0 aliphatic carbocycles. The van der Waals surface area contributed by atoms with Crippen LogP contribution in [0.2, 0.25) is 0 Å². The minimum absolute atomic E-state index is 1.16. The van der Waals surface area contributed by atoms with E-state index in [1.807, 2.05) is 11.3 Å². The Balaban J connectivity index is 2.18. The van der Waals surface area contributed by atoms with Crippen LogP contribution in [0, 0.1) is 0 Å². The van der Waals surface area contributed by atoms with Crippen LogP contribution in [0.5, 0.6) is 0 Å². The average Bonchev–Trinajstić information content (AvgIpc) is 2.35. The Hall–Kier alpha value is -0.340. The van der Waals surface area contributed by atoms with E-state index in [-0.39, 0.29) is 0 Å². The van der Waals surface area contributed by atoms with Crippen LogP contribution >= 0.6 is 11.3 Å². The Morgan fingerprint density at radius 1 is 1.09 bits per heavy atom. The highest BCUT2D eigenvalue weighted by atomic mass is 32.1. The molecule has 2 heteroatoms. The average molecular weight is 167 g/mol. The summed E-state index contributed by atoms with van der Waals surface area (Å²) in [6.07, 6.45) is 3.79. The van der Waals surface area contributed by atoms with Crippen LogP contribution in [0.25, 0.3) is 0 Å². The molecule has 0 saturated heterocycles. The van der Waals surface area contributed by atoms with E-state index in [0.717, 1.165) is 6.54 Å². The fourth-order valence-corrected chi connectivity index (χ4v) is 2.48. The van der Waals surface area contributed by atoms with Crippen molar-refractivity contribution in [3.8, 4) is 0 Å². The molecule has 60 valence electrons. The summed E-state index contributed by atoms with van der Waals surface area (Å²) in [5, 5.41) is 8.02. The second-order valence-electron chi connectivity index (χ2n) is 3.03. The zero-order chi connectivity index (χ0) is 7.52. The Kier molecular flexibility index (Phi) is 2.24. The first kappa shape index (κ1) is 7.32. The fourth-order valence-electron chi connectivity index (χ4n) is 1.54. The van der Waals surface area contributed by atoms with Crippen molar-refractivity contribution < 1.29 is 0 Å². The summed E-state index contributed by atoms with van der Waals surface area (Å²) in [5.74, 6) is 0. The maximum absolute atomic E-state index is 3.42. The molecule has 2 rings (SSSR count). The van der Waals surface area contributed by atoms with Gasteiger partial charge < -0.3 is 5.32 Å². The Labute approximate surface area is 71.4 Å². The summed E-state index contributed by atoms with van der Waals surface area (Å²) < 4.78 is 0. The summed E-state index contributed by atoms with van der Waals surface area (Å²) in [4.78, 5) is 0. The highest BCUT2D eigenvalue weighted by molar-refractivity contribution is 7.08. The van der Waals surface area contributed by atoms with Crippen molar-refractivity contribution in [2.75, 3.05) is 13.1 Å². The lowest BCUT2D eigenvalue weighted by Crippen LogP contribution is -2.21. The smallest absolute Gasteiger partial charge is 0.000795 e. The van der Waals surface area contributed by atoms with Gasteiger partial charge >= 0.3 is 0 Å². The molecule has 1 aliphatic rings. The maximum Gasteiger partial charge on any atom is -0.000795 e. The molecule has 0 bridgehead atoms. The van der Waals surface area contributed by atoms with Gasteiger partial charge in [0.1, 0.15) is 0 Å². The van der Waals surface area contributed by atoms with Crippen molar-refractivity contribution >= 4 is 11.3 Å². The summed E-state index contributed by atoms with van der Waals surface area (Å²) in [6.45, 7) is 2.35. The van der Waals surface area contributed by atoms with Crippen LogP contribution in [-0.2, 0) is 12.8 Å². The number of hydrogen-bond acceptors (Lipinski definition) is 2. The first-order chi connectivity index (χ1) is 5.47. The number of nitrogens with one attached hydrogen (secondary N) is 1. The number of hydrogen-bond donors (Lipinski definition) is 1. The molecule has 1 nitrogen and oxygen atoms in total. The first-order valence-corrected chi connectivity index (χ1v) is 5.16. The highest BCUT2D eigenvalue weighted by Crippen LogP contribution is 2.18. The summed E-state index contributed by atoms with van der Waals surface area (Å²) in [6, 6.07) is 0. The molecule has 0 radical (unpaired) electrons. The third-order valence-electron chi connectivity index (χ3n) is 2.20. The van der Waals surface area contributed by atoms with Crippen LogP contribution in [0.1, 0.15) is 17.5 Å². The molecule has 0 aromatic carbocycles. The molecule has 0 fully saturated rings. The van der Waals surface area contributed by atoms with Crippen molar-refractivity contribution in [1.82, 2.24) is 5.32 Å². The van der Waals surface area contributed by atoms with E-state index in [4.69, 9.17) is 0 Å². The van der Waals surface area contributed by atoms with Crippen LogP contribution < -0.4 is 5.32 Å². The minimum atomic E-state index is 1.16. The lowest BCUT2D eigenvalue weighted by Gasteiger charge is -2.10. The number of fused-ring (bicyclic) bond motifs is 1. The van der Waals surface area contributed by atoms with E-state index in [1.165, 1.54) is 25.8 Å². The lowest BCUT2D eigenvalue weighted by molar-refractivity contribution is 0.627. The largest absolute Gasteiger partial charge is 0.316 e. The van der Waals surface area contributed by atoms with Gasteiger partial charge in [-0.2, -0.15) is 11.3 Å². The van der Waals surface area contributed by atoms with Gasteiger partial charge in [-0.25, -0.2) is 0 Å². The van der Waals surface area contributed by atoms with Crippen LogP contribution in [0.4, 0.5) is 0 Å². The molecule has 0 saturated carbocycles. The van der Waals surface area contributed by atoms with E-state index >= 15 is 0 Å². The third-order valence-corrected chi connectivity index (χ3v) is 3.05. The molecule has 0 unspecified atom stereocenters. The van der Waals surface area contributed by atoms with Gasteiger partial charge in [0.25, 0.3) is 0 Å². The number of rotatable bonds is 0. The molecule has 1 aromatic heterocycles.